The van der Waals surface area contributed by atoms with E-state index in [1.807, 2.05) is 11.8 Å². The van der Waals surface area contributed by atoms with Crippen molar-refractivity contribution in [2.24, 2.45) is 11.3 Å². The van der Waals surface area contributed by atoms with Crippen LogP contribution in [0, 0.1) is 11.3 Å². The second-order valence-electron chi connectivity index (χ2n) is 4.70. The lowest BCUT2D eigenvalue weighted by molar-refractivity contribution is -0.147. The first-order valence-electron chi connectivity index (χ1n) is 5.57. The minimum absolute atomic E-state index is 0.0669. The van der Waals surface area contributed by atoms with E-state index in [1.165, 1.54) is 24.3 Å². The Bertz CT molecular complexity index is 237. The Morgan fingerprint density at radius 3 is 2.93 bits per heavy atom. The Hall–Kier alpha value is -0.180. The molecule has 2 rings (SSSR count). The summed E-state index contributed by atoms with van der Waals surface area (Å²) < 4.78 is 0. The molecule has 0 aromatic rings. The third-order valence-electron chi connectivity index (χ3n) is 3.89. The lowest BCUT2D eigenvalue weighted by Gasteiger charge is -2.50. The van der Waals surface area contributed by atoms with Crippen molar-refractivity contribution in [3.05, 3.63) is 0 Å². The van der Waals surface area contributed by atoms with E-state index in [4.69, 9.17) is 0 Å². The molecule has 0 aromatic carbocycles. The molecule has 1 N–H and O–H groups in total. The lowest BCUT2D eigenvalue weighted by Crippen LogP contribution is -2.68. The molecule has 2 fully saturated rings. The van der Waals surface area contributed by atoms with Crippen molar-refractivity contribution < 1.29 is 4.79 Å². The fourth-order valence-corrected chi connectivity index (χ4v) is 3.78. The summed E-state index contributed by atoms with van der Waals surface area (Å²) in [6.07, 6.45) is 3.60. The van der Waals surface area contributed by atoms with Gasteiger partial charge in [0.05, 0.1) is 5.41 Å². The van der Waals surface area contributed by atoms with Gasteiger partial charge in [0.2, 0.25) is 5.91 Å². The molecule has 80 valence electrons. The Morgan fingerprint density at radius 1 is 1.64 bits per heavy atom. The number of amides is 1. The van der Waals surface area contributed by atoms with E-state index in [1.54, 1.807) is 0 Å². The quantitative estimate of drug-likeness (QED) is 0.711. The zero-order chi connectivity index (χ0) is 10.2. The second-order valence-corrected chi connectivity index (χ2v) is 5.85. The summed E-state index contributed by atoms with van der Waals surface area (Å²) in [5.74, 6) is 3.53. The molecule has 0 aromatic heterocycles. The highest BCUT2D eigenvalue weighted by molar-refractivity contribution is 7.99. The molecule has 2 heterocycles. The summed E-state index contributed by atoms with van der Waals surface area (Å²) in [5.41, 5.74) is -0.0669. The fourth-order valence-electron chi connectivity index (χ4n) is 2.58. The predicted molar refractivity (Wildman–Crippen MR) is 60.4 cm³/mol. The molecule has 3 atom stereocenters. The fraction of sp³-hybridized carbons (Fsp3) is 0.909. The van der Waals surface area contributed by atoms with Gasteiger partial charge < -0.3 is 5.32 Å². The zero-order valence-corrected chi connectivity index (χ0v) is 9.82. The van der Waals surface area contributed by atoms with E-state index in [0.717, 1.165) is 12.3 Å². The molecule has 0 saturated carbocycles. The van der Waals surface area contributed by atoms with Gasteiger partial charge in [0.1, 0.15) is 0 Å². The molecule has 2 aliphatic heterocycles. The summed E-state index contributed by atoms with van der Waals surface area (Å²) in [6, 6.07) is 0.452. The maximum Gasteiger partial charge on any atom is 0.228 e. The lowest BCUT2D eigenvalue weighted by atomic mass is 9.66. The van der Waals surface area contributed by atoms with Crippen LogP contribution >= 0.6 is 11.8 Å². The van der Waals surface area contributed by atoms with E-state index in [9.17, 15) is 4.79 Å². The topological polar surface area (TPSA) is 29.1 Å². The van der Waals surface area contributed by atoms with Crippen LogP contribution < -0.4 is 5.32 Å². The van der Waals surface area contributed by atoms with Gasteiger partial charge in [0, 0.05) is 6.04 Å². The van der Waals surface area contributed by atoms with Gasteiger partial charge in [-0.1, -0.05) is 6.92 Å². The van der Waals surface area contributed by atoms with E-state index in [0.29, 0.717) is 6.04 Å². The number of thioether (sulfide) groups is 1. The minimum atomic E-state index is -0.0669. The number of carbonyl (C=O) groups is 1. The number of rotatable bonds is 2. The predicted octanol–water partition coefficient (Wildman–Crippen LogP) is 2.04. The highest BCUT2D eigenvalue weighted by atomic mass is 32.2. The molecular formula is C11H19NOS. The highest BCUT2D eigenvalue weighted by Crippen LogP contribution is 2.41. The van der Waals surface area contributed by atoms with Crippen LogP contribution in [0.3, 0.4) is 0 Å². The summed E-state index contributed by atoms with van der Waals surface area (Å²) >= 11 is 2.04. The standard InChI is InChI=1S/C11H19NOS/c1-3-11(2)9(12-10(11)13)8-5-4-6-14-7-8/h8-9H,3-7H2,1-2H3,(H,12,13). The van der Waals surface area contributed by atoms with Gasteiger partial charge in [-0.25, -0.2) is 0 Å². The van der Waals surface area contributed by atoms with E-state index in [2.05, 4.69) is 19.2 Å². The van der Waals surface area contributed by atoms with Crippen molar-refractivity contribution in [3.63, 3.8) is 0 Å². The van der Waals surface area contributed by atoms with Crippen LogP contribution in [0.1, 0.15) is 33.1 Å². The molecule has 0 bridgehead atoms. The maximum atomic E-state index is 11.5. The van der Waals surface area contributed by atoms with Crippen molar-refractivity contribution in [1.82, 2.24) is 5.32 Å². The average molecular weight is 213 g/mol. The number of carbonyl (C=O) groups excluding carboxylic acids is 1. The van der Waals surface area contributed by atoms with Gasteiger partial charge >= 0.3 is 0 Å². The van der Waals surface area contributed by atoms with E-state index >= 15 is 0 Å². The van der Waals surface area contributed by atoms with Crippen LogP contribution in [0.5, 0.6) is 0 Å². The van der Waals surface area contributed by atoms with Crippen molar-refractivity contribution >= 4 is 17.7 Å². The van der Waals surface area contributed by atoms with Crippen LogP contribution in [0.4, 0.5) is 0 Å². The van der Waals surface area contributed by atoms with Crippen LogP contribution in [-0.2, 0) is 4.79 Å². The Kier molecular flexibility index (Phi) is 2.78. The Labute approximate surface area is 90.2 Å². The highest BCUT2D eigenvalue weighted by Gasteiger charge is 2.52. The van der Waals surface area contributed by atoms with Gasteiger partial charge in [-0.15, -0.1) is 0 Å². The molecule has 2 nitrogen and oxygen atoms in total. The average Bonchev–Trinajstić information content (AvgIpc) is 2.25. The molecular weight excluding hydrogens is 194 g/mol. The first-order chi connectivity index (χ1) is 6.68. The zero-order valence-electron chi connectivity index (χ0n) is 9.01. The summed E-state index contributed by atoms with van der Waals surface area (Å²) in [4.78, 5) is 11.5. The third kappa shape index (κ3) is 1.46. The number of nitrogens with one attached hydrogen (secondary N) is 1. The summed E-state index contributed by atoms with van der Waals surface area (Å²) in [6.45, 7) is 4.25. The van der Waals surface area contributed by atoms with Crippen molar-refractivity contribution in [2.45, 2.75) is 39.2 Å². The molecule has 0 spiro atoms. The van der Waals surface area contributed by atoms with Crippen molar-refractivity contribution in [3.8, 4) is 0 Å². The summed E-state index contributed by atoms with van der Waals surface area (Å²) in [5, 5.41) is 3.10. The second kappa shape index (κ2) is 3.76. The molecule has 2 saturated heterocycles. The van der Waals surface area contributed by atoms with E-state index in [-0.39, 0.29) is 11.3 Å². The molecule has 3 unspecified atom stereocenters. The van der Waals surface area contributed by atoms with Gasteiger partial charge in [0.25, 0.3) is 0 Å². The molecule has 0 aliphatic carbocycles. The largest absolute Gasteiger partial charge is 0.351 e. The molecule has 3 heteroatoms. The van der Waals surface area contributed by atoms with Crippen molar-refractivity contribution in [1.29, 1.82) is 0 Å². The van der Waals surface area contributed by atoms with Crippen molar-refractivity contribution in [2.75, 3.05) is 11.5 Å². The Balaban J connectivity index is 2.01. The van der Waals surface area contributed by atoms with Gasteiger partial charge in [-0.05, 0) is 43.6 Å². The third-order valence-corrected chi connectivity index (χ3v) is 5.13. The van der Waals surface area contributed by atoms with Gasteiger partial charge in [-0.2, -0.15) is 11.8 Å². The molecule has 0 radical (unpaired) electrons. The SMILES string of the molecule is CCC1(C)C(=O)NC1C1CCCSC1. The van der Waals surface area contributed by atoms with E-state index < -0.39 is 0 Å². The first-order valence-corrected chi connectivity index (χ1v) is 6.72. The molecule has 2 aliphatic rings. The van der Waals surface area contributed by atoms with Gasteiger partial charge in [0.15, 0.2) is 0 Å². The maximum absolute atomic E-state index is 11.5. The number of hydrogen-bond acceptors (Lipinski definition) is 2. The molecule has 14 heavy (non-hydrogen) atoms. The summed E-state index contributed by atoms with van der Waals surface area (Å²) in [7, 11) is 0. The van der Waals surface area contributed by atoms with Crippen LogP contribution in [0.25, 0.3) is 0 Å². The Morgan fingerprint density at radius 2 is 2.43 bits per heavy atom. The number of hydrogen-bond donors (Lipinski definition) is 1. The minimum Gasteiger partial charge on any atom is -0.351 e. The normalized spacial score (nSPS) is 42.9. The first kappa shape index (κ1) is 10.3. The van der Waals surface area contributed by atoms with Crippen LogP contribution in [-0.4, -0.2) is 23.5 Å². The monoisotopic (exact) mass is 213 g/mol. The number of β-lactam (4-membered cyclic amide) rings is 1. The van der Waals surface area contributed by atoms with Gasteiger partial charge in [-0.3, -0.25) is 4.79 Å². The molecule has 1 amide bonds. The smallest absolute Gasteiger partial charge is 0.228 e. The van der Waals surface area contributed by atoms with Crippen LogP contribution in [0.2, 0.25) is 0 Å². The van der Waals surface area contributed by atoms with Crippen LogP contribution in [0.15, 0.2) is 0 Å².